The molecule has 1 heterocycles. The van der Waals surface area contributed by atoms with Crippen molar-refractivity contribution in [3.63, 3.8) is 0 Å². The van der Waals surface area contributed by atoms with Gasteiger partial charge in [-0.15, -0.1) is 0 Å². The minimum absolute atomic E-state index is 0.0870. The van der Waals surface area contributed by atoms with E-state index in [1.807, 2.05) is 6.07 Å². The number of carboxylic acids is 1. The molecule has 3 rings (SSSR count). The maximum atomic E-state index is 12.5. The van der Waals surface area contributed by atoms with E-state index in [1.54, 1.807) is 29.2 Å². The molecule has 0 aromatic heterocycles. The van der Waals surface area contributed by atoms with Crippen LogP contribution in [0.25, 0.3) is 0 Å². The highest BCUT2D eigenvalue weighted by Gasteiger charge is 2.25. The van der Waals surface area contributed by atoms with Crippen LogP contribution in [0.3, 0.4) is 0 Å². The second kappa shape index (κ2) is 5.22. The molecule has 1 aliphatic rings. The Morgan fingerprint density at radius 3 is 2.52 bits per heavy atom. The number of halogens is 1. The fourth-order valence-electron chi connectivity index (χ4n) is 2.49. The van der Waals surface area contributed by atoms with Crippen LogP contribution in [-0.4, -0.2) is 23.5 Å². The highest BCUT2D eigenvalue weighted by Crippen LogP contribution is 2.26. The molecule has 1 amide bonds. The van der Waals surface area contributed by atoms with E-state index in [4.69, 9.17) is 16.7 Å². The monoisotopic (exact) mass is 301 g/mol. The molecule has 1 N–H and O–H groups in total. The molecule has 2 aromatic rings. The minimum Gasteiger partial charge on any atom is -0.478 e. The number of nitrogens with zero attached hydrogens (tertiary/aromatic N) is 1. The molecular formula is C16H12ClNO3. The van der Waals surface area contributed by atoms with E-state index in [1.165, 1.54) is 12.1 Å². The number of anilines is 1. The second-order valence-corrected chi connectivity index (χ2v) is 5.30. The molecule has 0 fully saturated rings. The zero-order valence-corrected chi connectivity index (χ0v) is 11.8. The third kappa shape index (κ3) is 2.50. The Labute approximate surface area is 126 Å². The fraction of sp³-hybridized carbons (Fsp3) is 0.125. The Balaban J connectivity index is 1.92. The predicted octanol–water partition coefficient (Wildman–Crippen LogP) is 3.24. The van der Waals surface area contributed by atoms with Gasteiger partial charge in [-0.3, -0.25) is 4.79 Å². The average Bonchev–Trinajstić information content (AvgIpc) is 2.47. The van der Waals surface area contributed by atoms with E-state index < -0.39 is 5.97 Å². The molecule has 4 nitrogen and oxygen atoms in total. The Bertz CT molecular complexity index is 725. The number of rotatable bonds is 2. The molecule has 0 unspecified atom stereocenters. The fourth-order valence-corrected chi connectivity index (χ4v) is 2.68. The predicted molar refractivity (Wildman–Crippen MR) is 80.2 cm³/mol. The summed E-state index contributed by atoms with van der Waals surface area (Å²) in [4.78, 5) is 25.0. The maximum Gasteiger partial charge on any atom is 0.335 e. The van der Waals surface area contributed by atoms with E-state index in [2.05, 4.69) is 0 Å². The van der Waals surface area contributed by atoms with Crippen molar-refractivity contribution in [3.05, 3.63) is 64.2 Å². The summed E-state index contributed by atoms with van der Waals surface area (Å²) >= 11 is 5.94. The zero-order valence-electron chi connectivity index (χ0n) is 11.0. The Morgan fingerprint density at radius 1 is 1.14 bits per heavy atom. The number of carbonyl (C=O) groups excluding carboxylic acids is 1. The van der Waals surface area contributed by atoms with Crippen LogP contribution in [0.4, 0.5) is 5.69 Å². The largest absolute Gasteiger partial charge is 0.478 e. The zero-order chi connectivity index (χ0) is 15.0. The van der Waals surface area contributed by atoms with Gasteiger partial charge in [0, 0.05) is 22.8 Å². The van der Waals surface area contributed by atoms with E-state index in [-0.39, 0.29) is 11.5 Å². The number of aromatic carboxylic acids is 1. The number of hydrogen-bond acceptors (Lipinski definition) is 2. The van der Waals surface area contributed by atoms with Crippen LogP contribution in [-0.2, 0) is 6.42 Å². The van der Waals surface area contributed by atoms with Crippen LogP contribution in [0.15, 0.2) is 42.5 Å². The highest BCUT2D eigenvalue weighted by molar-refractivity contribution is 6.30. The van der Waals surface area contributed by atoms with Gasteiger partial charge in [0.1, 0.15) is 0 Å². The molecule has 1 aliphatic heterocycles. The van der Waals surface area contributed by atoms with Crippen LogP contribution in [0.1, 0.15) is 26.3 Å². The van der Waals surface area contributed by atoms with Crippen LogP contribution in [0.2, 0.25) is 5.02 Å². The molecule has 0 spiro atoms. The van der Waals surface area contributed by atoms with Gasteiger partial charge in [-0.1, -0.05) is 11.6 Å². The van der Waals surface area contributed by atoms with Gasteiger partial charge in [-0.2, -0.15) is 0 Å². The highest BCUT2D eigenvalue weighted by atomic mass is 35.5. The van der Waals surface area contributed by atoms with Crippen molar-refractivity contribution < 1.29 is 14.7 Å². The summed E-state index contributed by atoms with van der Waals surface area (Å²) in [6.45, 7) is 0.554. The lowest BCUT2D eigenvalue weighted by atomic mass is 9.98. The van der Waals surface area contributed by atoms with Crippen LogP contribution < -0.4 is 4.90 Å². The van der Waals surface area contributed by atoms with Crippen molar-refractivity contribution in [2.45, 2.75) is 6.42 Å². The lowest BCUT2D eigenvalue weighted by Gasteiger charge is -2.28. The first-order valence-corrected chi connectivity index (χ1v) is 6.88. The topological polar surface area (TPSA) is 57.6 Å². The van der Waals surface area contributed by atoms with Gasteiger partial charge >= 0.3 is 5.97 Å². The van der Waals surface area contributed by atoms with Gasteiger partial charge in [-0.05, 0) is 54.4 Å². The average molecular weight is 302 g/mol. The summed E-state index contributed by atoms with van der Waals surface area (Å²) in [5, 5.41) is 9.53. The minimum atomic E-state index is -0.980. The van der Waals surface area contributed by atoms with Gasteiger partial charge in [0.15, 0.2) is 0 Å². The van der Waals surface area contributed by atoms with E-state index >= 15 is 0 Å². The van der Waals surface area contributed by atoms with E-state index in [9.17, 15) is 9.59 Å². The van der Waals surface area contributed by atoms with Gasteiger partial charge in [-0.25, -0.2) is 4.79 Å². The molecule has 0 saturated heterocycles. The summed E-state index contributed by atoms with van der Waals surface area (Å²) in [6, 6.07) is 11.6. The third-order valence-electron chi connectivity index (χ3n) is 3.57. The van der Waals surface area contributed by atoms with Crippen molar-refractivity contribution >= 4 is 29.2 Å². The first kappa shape index (κ1) is 13.6. The van der Waals surface area contributed by atoms with Gasteiger partial charge < -0.3 is 10.0 Å². The molecule has 0 aliphatic carbocycles. The molecule has 0 bridgehead atoms. The van der Waals surface area contributed by atoms with E-state index in [0.29, 0.717) is 22.8 Å². The normalized spacial score (nSPS) is 14.0. The Kier molecular flexibility index (Phi) is 3.39. The number of fused-ring (bicyclic) bond motifs is 1. The Hall–Kier alpha value is -2.33. The first-order chi connectivity index (χ1) is 10.1. The lowest BCUT2D eigenvalue weighted by molar-refractivity contribution is 0.0696. The molecule has 0 atom stereocenters. The summed E-state index contributed by atoms with van der Waals surface area (Å²) in [7, 11) is 0. The summed E-state index contributed by atoms with van der Waals surface area (Å²) in [5.41, 5.74) is 2.50. The number of amides is 1. The molecular weight excluding hydrogens is 290 g/mol. The van der Waals surface area contributed by atoms with Crippen LogP contribution in [0, 0.1) is 0 Å². The second-order valence-electron chi connectivity index (χ2n) is 4.86. The van der Waals surface area contributed by atoms with Crippen molar-refractivity contribution in [3.8, 4) is 0 Å². The van der Waals surface area contributed by atoms with Crippen molar-refractivity contribution in [1.82, 2.24) is 0 Å². The molecule has 0 radical (unpaired) electrons. The van der Waals surface area contributed by atoms with Gasteiger partial charge in [0.05, 0.1) is 5.56 Å². The third-order valence-corrected chi connectivity index (χ3v) is 3.81. The maximum absolute atomic E-state index is 12.5. The number of hydrogen-bond donors (Lipinski definition) is 1. The smallest absolute Gasteiger partial charge is 0.335 e. The Morgan fingerprint density at radius 2 is 1.86 bits per heavy atom. The number of carboxylic acid groups (broad SMARTS) is 1. The molecule has 21 heavy (non-hydrogen) atoms. The molecule has 0 saturated carbocycles. The molecule has 5 heteroatoms. The summed E-state index contributed by atoms with van der Waals surface area (Å²) < 4.78 is 0. The van der Waals surface area contributed by atoms with Crippen molar-refractivity contribution in [1.29, 1.82) is 0 Å². The lowest BCUT2D eigenvalue weighted by Crippen LogP contribution is -2.37. The van der Waals surface area contributed by atoms with Crippen molar-refractivity contribution in [2.24, 2.45) is 0 Å². The van der Waals surface area contributed by atoms with Crippen molar-refractivity contribution in [2.75, 3.05) is 11.4 Å². The first-order valence-electron chi connectivity index (χ1n) is 6.50. The number of carbonyl (C=O) groups is 2. The van der Waals surface area contributed by atoms with Gasteiger partial charge in [0.2, 0.25) is 0 Å². The van der Waals surface area contributed by atoms with E-state index in [0.717, 1.165) is 12.0 Å². The van der Waals surface area contributed by atoms with Gasteiger partial charge in [0.25, 0.3) is 5.91 Å². The van der Waals surface area contributed by atoms with Crippen LogP contribution >= 0.6 is 11.6 Å². The summed E-state index contributed by atoms with van der Waals surface area (Å²) in [5.74, 6) is -1.07. The molecule has 2 aromatic carbocycles. The quantitative estimate of drug-likeness (QED) is 0.926. The number of benzene rings is 2. The SMILES string of the molecule is O=C(O)c1ccc(N2CCc3cc(Cl)ccc3C2=O)cc1. The molecule has 106 valence electrons. The standard InChI is InChI=1S/C16H12ClNO3/c17-12-3-6-14-11(9-12)7-8-18(15(14)19)13-4-1-10(2-5-13)16(20)21/h1-6,9H,7-8H2,(H,20,21). The van der Waals surface area contributed by atoms with Crippen LogP contribution in [0.5, 0.6) is 0 Å². The summed E-state index contributed by atoms with van der Waals surface area (Å²) in [6.07, 6.45) is 0.725.